The highest BCUT2D eigenvalue weighted by Gasteiger charge is 2.28. The predicted octanol–water partition coefficient (Wildman–Crippen LogP) is 4.75. The number of hydrogen-bond donors (Lipinski definition) is 2. The van der Waals surface area contributed by atoms with E-state index in [4.69, 9.17) is 16.6 Å². The lowest BCUT2D eigenvalue weighted by Crippen LogP contribution is -2.30. The summed E-state index contributed by atoms with van der Waals surface area (Å²) in [6.45, 7) is 2.09. The van der Waals surface area contributed by atoms with E-state index in [0.29, 0.717) is 11.0 Å². The van der Waals surface area contributed by atoms with E-state index >= 15 is 0 Å². The van der Waals surface area contributed by atoms with Gasteiger partial charge in [-0.1, -0.05) is 30.3 Å². The van der Waals surface area contributed by atoms with Crippen LogP contribution in [-0.4, -0.2) is 10.1 Å². The minimum absolute atomic E-state index is 0.142. The number of aromatic nitrogens is 1. The van der Waals surface area contributed by atoms with Crippen LogP contribution in [0.2, 0.25) is 0 Å². The van der Waals surface area contributed by atoms with Crippen molar-refractivity contribution in [3.8, 4) is 0 Å². The number of nitrogens with zero attached hydrogens (tertiary/aromatic N) is 1. The molecule has 1 heterocycles. The first kappa shape index (κ1) is 15.1. The minimum Gasteiger partial charge on any atom is -0.440 e. The highest BCUT2D eigenvalue weighted by Crippen LogP contribution is 2.40. The second-order valence-electron chi connectivity index (χ2n) is 6.24. The standard InChI is InChI=1S/C19H19N3OS/c1-12(13-5-3-2-4-6-13)20-19(24)21-15-9-10-17-16(11-15)22-18(23-17)14-7-8-14/h2-6,9-12,14H,7-8H2,1H3,(H2,20,21,24)/t12-/m1/s1. The number of benzene rings is 2. The number of nitrogens with one attached hydrogen (secondary N) is 2. The van der Waals surface area contributed by atoms with Crippen LogP contribution in [0.4, 0.5) is 5.69 Å². The van der Waals surface area contributed by atoms with Gasteiger partial charge in [0.25, 0.3) is 0 Å². The molecule has 1 aliphatic carbocycles. The molecule has 0 radical (unpaired) electrons. The van der Waals surface area contributed by atoms with Gasteiger partial charge < -0.3 is 15.1 Å². The molecule has 0 bridgehead atoms. The average Bonchev–Trinajstić information content (AvgIpc) is 3.35. The molecule has 0 amide bonds. The normalized spacial score (nSPS) is 15.2. The zero-order valence-corrected chi connectivity index (χ0v) is 14.3. The number of fused-ring (bicyclic) bond motifs is 1. The van der Waals surface area contributed by atoms with Crippen LogP contribution in [0.5, 0.6) is 0 Å². The molecule has 1 fully saturated rings. The van der Waals surface area contributed by atoms with Gasteiger partial charge in [-0.15, -0.1) is 0 Å². The van der Waals surface area contributed by atoms with Crippen molar-refractivity contribution >= 4 is 34.1 Å². The summed E-state index contributed by atoms with van der Waals surface area (Å²) < 4.78 is 5.79. The summed E-state index contributed by atoms with van der Waals surface area (Å²) in [5, 5.41) is 7.12. The zero-order chi connectivity index (χ0) is 16.5. The van der Waals surface area contributed by atoms with Gasteiger partial charge in [-0.2, -0.15) is 0 Å². The molecule has 24 heavy (non-hydrogen) atoms. The largest absolute Gasteiger partial charge is 0.440 e. The Morgan fingerprint density at radius 1 is 1.21 bits per heavy atom. The Kier molecular flexibility index (Phi) is 3.94. The lowest BCUT2D eigenvalue weighted by Gasteiger charge is -2.17. The van der Waals surface area contributed by atoms with E-state index in [1.54, 1.807) is 0 Å². The molecule has 5 heteroatoms. The van der Waals surface area contributed by atoms with Crippen LogP contribution < -0.4 is 10.6 Å². The number of oxazole rings is 1. The molecule has 4 rings (SSSR count). The summed E-state index contributed by atoms with van der Waals surface area (Å²) in [6, 6.07) is 16.3. The summed E-state index contributed by atoms with van der Waals surface area (Å²) >= 11 is 5.43. The van der Waals surface area contributed by atoms with Gasteiger partial charge in [0, 0.05) is 11.6 Å². The fourth-order valence-corrected chi connectivity index (χ4v) is 3.01. The van der Waals surface area contributed by atoms with Crippen molar-refractivity contribution in [1.82, 2.24) is 10.3 Å². The minimum atomic E-state index is 0.142. The smallest absolute Gasteiger partial charge is 0.198 e. The predicted molar refractivity (Wildman–Crippen MR) is 100 cm³/mol. The highest BCUT2D eigenvalue weighted by atomic mass is 32.1. The number of anilines is 1. The first-order valence-electron chi connectivity index (χ1n) is 8.22. The van der Waals surface area contributed by atoms with Crippen LogP contribution in [0.3, 0.4) is 0 Å². The Labute approximate surface area is 146 Å². The van der Waals surface area contributed by atoms with Crippen molar-refractivity contribution in [3.63, 3.8) is 0 Å². The molecule has 0 saturated heterocycles. The fraction of sp³-hybridized carbons (Fsp3) is 0.263. The van der Waals surface area contributed by atoms with Gasteiger partial charge in [0.2, 0.25) is 0 Å². The average molecular weight is 337 g/mol. The molecule has 1 atom stereocenters. The molecule has 0 spiro atoms. The fourth-order valence-electron chi connectivity index (χ4n) is 2.72. The number of hydrogen-bond acceptors (Lipinski definition) is 3. The first-order chi connectivity index (χ1) is 11.7. The summed E-state index contributed by atoms with van der Waals surface area (Å²) in [5.41, 5.74) is 3.82. The maximum atomic E-state index is 5.79. The van der Waals surface area contributed by atoms with E-state index < -0.39 is 0 Å². The molecule has 2 aromatic carbocycles. The number of rotatable bonds is 4. The van der Waals surface area contributed by atoms with Crippen LogP contribution in [0, 0.1) is 0 Å². The molecule has 122 valence electrons. The van der Waals surface area contributed by atoms with Crippen molar-refractivity contribution in [2.75, 3.05) is 5.32 Å². The van der Waals surface area contributed by atoms with Crippen LogP contribution in [0.1, 0.15) is 43.2 Å². The molecular formula is C19H19N3OS. The summed E-state index contributed by atoms with van der Waals surface area (Å²) in [6.07, 6.45) is 2.37. The number of thiocarbonyl (C=S) groups is 1. The molecule has 1 saturated carbocycles. The Balaban J connectivity index is 1.44. The van der Waals surface area contributed by atoms with Gasteiger partial charge in [-0.05, 0) is 55.7 Å². The molecule has 1 aromatic heterocycles. The molecule has 3 aromatic rings. The van der Waals surface area contributed by atoms with E-state index in [9.17, 15) is 0 Å². The zero-order valence-electron chi connectivity index (χ0n) is 13.5. The molecular weight excluding hydrogens is 318 g/mol. The lowest BCUT2D eigenvalue weighted by molar-refractivity contribution is 0.533. The van der Waals surface area contributed by atoms with Gasteiger partial charge in [-0.25, -0.2) is 4.98 Å². The summed E-state index contributed by atoms with van der Waals surface area (Å²) in [7, 11) is 0. The van der Waals surface area contributed by atoms with Crippen molar-refractivity contribution < 1.29 is 4.42 Å². The highest BCUT2D eigenvalue weighted by molar-refractivity contribution is 7.80. The SMILES string of the molecule is C[C@@H](NC(=S)Nc1ccc2oc(C3CC3)nc2c1)c1ccccc1. The summed E-state index contributed by atoms with van der Waals surface area (Å²) in [5.74, 6) is 1.38. The van der Waals surface area contributed by atoms with Gasteiger partial charge in [0.1, 0.15) is 5.52 Å². The van der Waals surface area contributed by atoms with E-state index in [0.717, 1.165) is 22.7 Å². The van der Waals surface area contributed by atoms with Crippen molar-refractivity contribution in [1.29, 1.82) is 0 Å². The van der Waals surface area contributed by atoms with Crippen molar-refractivity contribution in [3.05, 3.63) is 60.0 Å². The van der Waals surface area contributed by atoms with Crippen LogP contribution in [0.15, 0.2) is 52.9 Å². The van der Waals surface area contributed by atoms with E-state index in [1.165, 1.54) is 18.4 Å². The maximum Gasteiger partial charge on any atom is 0.198 e. The monoisotopic (exact) mass is 337 g/mol. The molecule has 4 nitrogen and oxygen atoms in total. The van der Waals surface area contributed by atoms with Crippen LogP contribution >= 0.6 is 12.2 Å². The third-order valence-corrected chi connectivity index (χ3v) is 4.46. The topological polar surface area (TPSA) is 50.1 Å². The van der Waals surface area contributed by atoms with E-state index in [1.807, 2.05) is 36.4 Å². The van der Waals surface area contributed by atoms with Crippen molar-refractivity contribution in [2.45, 2.75) is 31.7 Å². The Morgan fingerprint density at radius 3 is 2.75 bits per heavy atom. The van der Waals surface area contributed by atoms with Crippen LogP contribution in [-0.2, 0) is 0 Å². The molecule has 1 aliphatic rings. The first-order valence-corrected chi connectivity index (χ1v) is 8.63. The van der Waals surface area contributed by atoms with E-state index in [2.05, 4.69) is 34.7 Å². The second kappa shape index (κ2) is 6.24. The van der Waals surface area contributed by atoms with Gasteiger partial charge >= 0.3 is 0 Å². The Bertz CT molecular complexity index is 871. The van der Waals surface area contributed by atoms with Crippen molar-refractivity contribution in [2.24, 2.45) is 0 Å². The Morgan fingerprint density at radius 2 is 2.00 bits per heavy atom. The van der Waals surface area contributed by atoms with Gasteiger partial charge in [0.15, 0.2) is 16.6 Å². The Hall–Kier alpha value is -2.40. The molecule has 0 unspecified atom stereocenters. The quantitative estimate of drug-likeness (QED) is 0.673. The maximum absolute atomic E-state index is 5.79. The van der Waals surface area contributed by atoms with Crippen LogP contribution in [0.25, 0.3) is 11.1 Å². The summed E-state index contributed by atoms with van der Waals surface area (Å²) in [4.78, 5) is 4.58. The molecule has 0 aliphatic heterocycles. The van der Waals surface area contributed by atoms with Gasteiger partial charge in [-0.3, -0.25) is 0 Å². The third kappa shape index (κ3) is 3.26. The third-order valence-electron chi connectivity index (χ3n) is 4.24. The molecule has 2 N–H and O–H groups in total. The second-order valence-corrected chi connectivity index (χ2v) is 6.65. The van der Waals surface area contributed by atoms with E-state index in [-0.39, 0.29) is 6.04 Å². The lowest BCUT2D eigenvalue weighted by atomic mass is 10.1. The van der Waals surface area contributed by atoms with Gasteiger partial charge in [0.05, 0.1) is 6.04 Å².